The Bertz CT molecular complexity index is 1250. The quantitative estimate of drug-likeness (QED) is 0.600. The molecule has 2 atom stereocenters. The van der Waals surface area contributed by atoms with Crippen LogP contribution in [-0.4, -0.2) is 36.0 Å². The molecule has 0 unspecified atom stereocenters. The van der Waals surface area contributed by atoms with Crippen molar-refractivity contribution in [1.82, 2.24) is 5.01 Å². The van der Waals surface area contributed by atoms with Gasteiger partial charge in [-0.05, 0) is 30.7 Å². The number of carbonyl (C=O) groups is 1. The highest BCUT2D eigenvalue weighted by Crippen LogP contribution is 2.49. The van der Waals surface area contributed by atoms with E-state index in [1.807, 2.05) is 36.2 Å². The molecule has 0 aromatic heterocycles. The first-order valence-corrected chi connectivity index (χ1v) is 10.7. The largest absolute Gasteiger partial charge is 0.493 e. The topological polar surface area (TPSA) is 80.6 Å². The highest BCUT2D eigenvalue weighted by atomic mass is 16.5. The minimum absolute atomic E-state index is 0.000956. The minimum Gasteiger partial charge on any atom is -0.493 e. The molecule has 0 bridgehead atoms. The number of rotatable bonds is 5. The van der Waals surface area contributed by atoms with Crippen molar-refractivity contribution in [2.45, 2.75) is 25.6 Å². The number of methoxy groups -OCH3 is 2. The van der Waals surface area contributed by atoms with Gasteiger partial charge in [-0.25, -0.2) is 9.80 Å². The zero-order valence-corrected chi connectivity index (χ0v) is 18.6. The zero-order chi connectivity index (χ0) is 23.1. The third-order valence-corrected chi connectivity index (χ3v) is 6.14. The zero-order valence-electron chi connectivity index (χ0n) is 18.6. The Morgan fingerprint density at radius 2 is 1.79 bits per heavy atom. The number of carboxylic acid groups (broad SMARTS) is 1. The lowest BCUT2D eigenvalue weighted by Crippen LogP contribution is -2.34. The maximum Gasteiger partial charge on any atom is 0.340 e. The smallest absolute Gasteiger partial charge is 0.340 e. The van der Waals surface area contributed by atoms with Crippen LogP contribution in [0.1, 0.15) is 51.3 Å². The van der Waals surface area contributed by atoms with Crippen LogP contribution in [0.15, 0.2) is 65.8 Å². The molecule has 2 aliphatic heterocycles. The van der Waals surface area contributed by atoms with Crippen molar-refractivity contribution in [2.75, 3.05) is 14.2 Å². The van der Waals surface area contributed by atoms with E-state index in [9.17, 15) is 9.90 Å². The number of hydrogen-bond acceptors (Lipinski definition) is 6. The van der Waals surface area contributed by atoms with Crippen LogP contribution in [0.3, 0.4) is 0 Å². The summed E-state index contributed by atoms with van der Waals surface area (Å²) in [6, 6.07) is 19.4. The molecule has 0 amide bonds. The van der Waals surface area contributed by atoms with Crippen LogP contribution in [-0.2, 0) is 0 Å². The average molecular weight is 444 g/mol. The molecule has 0 fully saturated rings. The standard InChI is InChI=1S/C26H24N2O5/c1-15-8-10-16(11-9-15)19-14-20-17-6-4-5-7-21(17)33-25(28(20)27-19)18-12-13-22(31-2)24(32-3)23(18)26(29)30/h4-13,20,25H,14H2,1-3H3,(H,29,30)/t20-,25+/m1/s1. The van der Waals surface area contributed by atoms with Gasteiger partial charge in [0.1, 0.15) is 11.3 Å². The van der Waals surface area contributed by atoms with Gasteiger partial charge in [0.15, 0.2) is 11.5 Å². The average Bonchev–Trinajstić information content (AvgIpc) is 3.28. The van der Waals surface area contributed by atoms with Crippen LogP contribution in [0.5, 0.6) is 17.2 Å². The van der Waals surface area contributed by atoms with Gasteiger partial charge in [0.2, 0.25) is 6.23 Å². The van der Waals surface area contributed by atoms with E-state index in [-0.39, 0.29) is 17.4 Å². The van der Waals surface area contributed by atoms with Gasteiger partial charge in [0.05, 0.1) is 26.0 Å². The summed E-state index contributed by atoms with van der Waals surface area (Å²) in [6.45, 7) is 2.05. The summed E-state index contributed by atoms with van der Waals surface area (Å²) in [4.78, 5) is 12.3. The molecule has 5 rings (SSSR count). The second-order valence-corrected chi connectivity index (χ2v) is 8.09. The normalized spacial score (nSPS) is 18.6. The summed E-state index contributed by atoms with van der Waals surface area (Å²) in [5.74, 6) is 0.0945. The number of para-hydroxylation sites is 1. The minimum atomic E-state index is -1.12. The molecular formula is C26H24N2O5. The molecule has 0 saturated heterocycles. The monoisotopic (exact) mass is 444 g/mol. The van der Waals surface area contributed by atoms with Crippen molar-refractivity contribution in [3.63, 3.8) is 0 Å². The van der Waals surface area contributed by atoms with E-state index in [0.717, 1.165) is 22.6 Å². The summed E-state index contributed by atoms with van der Waals surface area (Å²) in [5, 5.41) is 16.9. The van der Waals surface area contributed by atoms with Gasteiger partial charge in [-0.15, -0.1) is 0 Å². The van der Waals surface area contributed by atoms with Gasteiger partial charge in [0, 0.05) is 17.5 Å². The van der Waals surface area contributed by atoms with Crippen LogP contribution < -0.4 is 14.2 Å². The van der Waals surface area contributed by atoms with Gasteiger partial charge in [-0.3, -0.25) is 0 Å². The Morgan fingerprint density at radius 1 is 1.03 bits per heavy atom. The fourth-order valence-electron chi connectivity index (χ4n) is 4.53. The predicted octanol–water partition coefficient (Wildman–Crippen LogP) is 4.95. The van der Waals surface area contributed by atoms with Crippen molar-refractivity contribution in [1.29, 1.82) is 0 Å². The van der Waals surface area contributed by atoms with E-state index >= 15 is 0 Å². The second-order valence-electron chi connectivity index (χ2n) is 8.09. The van der Waals surface area contributed by atoms with Crippen molar-refractivity contribution >= 4 is 11.7 Å². The van der Waals surface area contributed by atoms with Crippen molar-refractivity contribution in [3.05, 3.63) is 88.5 Å². The van der Waals surface area contributed by atoms with Crippen LogP contribution in [0.2, 0.25) is 0 Å². The van der Waals surface area contributed by atoms with Crippen LogP contribution >= 0.6 is 0 Å². The SMILES string of the molecule is COc1ccc([C@@H]2Oc3ccccc3[C@H]3CC(c4ccc(C)cc4)=NN32)c(C(=O)O)c1OC. The maximum atomic E-state index is 12.3. The second kappa shape index (κ2) is 8.16. The summed E-state index contributed by atoms with van der Waals surface area (Å²) in [6.07, 6.45) is -0.0472. The van der Waals surface area contributed by atoms with E-state index in [0.29, 0.717) is 17.7 Å². The number of ether oxygens (including phenoxy) is 3. The Hall–Kier alpha value is -4.00. The van der Waals surface area contributed by atoms with Crippen LogP contribution in [0, 0.1) is 6.92 Å². The molecule has 7 nitrogen and oxygen atoms in total. The molecular weight excluding hydrogens is 420 g/mol. The molecule has 7 heteroatoms. The number of aryl methyl sites for hydroxylation is 1. The van der Waals surface area contributed by atoms with E-state index in [4.69, 9.17) is 19.3 Å². The third-order valence-electron chi connectivity index (χ3n) is 6.14. The number of carboxylic acids is 1. The molecule has 3 aromatic carbocycles. The van der Waals surface area contributed by atoms with Gasteiger partial charge in [-0.1, -0.05) is 48.0 Å². The fourth-order valence-corrected chi connectivity index (χ4v) is 4.53. The lowest BCUT2D eigenvalue weighted by Gasteiger charge is -2.38. The van der Waals surface area contributed by atoms with Crippen LogP contribution in [0.25, 0.3) is 0 Å². The molecule has 0 spiro atoms. The molecule has 0 radical (unpaired) electrons. The first-order valence-electron chi connectivity index (χ1n) is 10.7. The molecule has 168 valence electrons. The van der Waals surface area contributed by atoms with Crippen molar-refractivity contribution < 1.29 is 24.1 Å². The Labute approximate surface area is 191 Å². The Kier molecular flexibility index (Phi) is 5.17. The predicted molar refractivity (Wildman–Crippen MR) is 123 cm³/mol. The van der Waals surface area contributed by atoms with Gasteiger partial charge in [0.25, 0.3) is 0 Å². The molecule has 1 N–H and O–H groups in total. The van der Waals surface area contributed by atoms with Gasteiger partial charge >= 0.3 is 5.97 Å². The lowest BCUT2D eigenvalue weighted by atomic mass is 9.94. The van der Waals surface area contributed by atoms with Crippen LogP contribution in [0.4, 0.5) is 0 Å². The van der Waals surface area contributed by atoms with Crippen molar-refractivity contribution in [2.24, 2.45) is 5.10 Å². The lowest BCUT2D eigenvalue weighted by molar-refractivity contribution is -0.0199. The van der Waals surface area contributed by atoms with Gasteiger partial charge < -0.3 is 19.3 Å². The third kappa shape index (κ3) is 3.46. The molecule has 2 aliphatic rings. The molecule has 0 aliphatic carbocycles. The number of hydrogen-bond donors (Lipinski definition) is 1. The summed E-state index contributed by atoms with van der Waals surface area (Å²) in [7, 11) is 2.91. The molecule has 2 heterocycles. The van der Waals surface area contributed by atoms with E-state index in [2.05, 4.69) is 24.3 Å². The number of benzene rings is 3. The summed E-state index contributed by atoms with van der Waals surface area (Å²) >= 11 is 0. The first-order chi connectivity index (χ1) is 16.0. The number of fused-ring (bicyclic) bond motifs is 3. The summed E-state index contributed by atoms with van der Waals surface area (Å²) in [5.41, 5.74) is 4.63. The number of aromatic carboxylic acids is 1. The van der Waals surface area contributed by atoms with Gasteiger partial charge in [-0.2, -0.15) is 5.10 Å². The molecule has 0 saturated carbocycles. The fraction of sp³-hybridized carbons (Fsp3) is 0.231. The first kappa shape index (κ1) is 20.9. The summed E-state index contributed by atoms with van der Waals surface area (Å²) < 4.78 is 17.1. The maximum absolute atomic E-state index is 12.3. The highest BCUT2D eigenvalue weighted by molar-refractivity contribution is 6.02. The Morgan fingerprint density at radius 3 is 2.48 bits per heavy atom. The highest BCUT2D eigenvalue weighted by Gasteiger charge is 2.43. The number of hydrazone groups is 1. The number of nitrogens with zero attached hydrogens (tertiary/aromatic N) is 2. The Balaban J connectivity index is 1.66. The molecule has 33 heavy (non-hydrogen) atoms. The van der Waals surface area contributed by atoms with E-state index in [1.54, 1.807) is 12.1 Å². The van der Waals surface area contributed by atoms with E-state index in [1.165, 1.54) is 19.8 Å². The van der Waals surface area contributed by atoms with E-state index < -0.39 is 12.2 Å². The molecule has 3 aromatic rings. The van der Waals surface area contributed by atoms with Crippen molar-refractivity contribution in [3.8, 4) is 17.2 Å².